The van der Waals surface area contributed by atoms with Crippen molar-refractivity contribution < 1.29 is 5.11 Å². The summed E-state index contributed by atoms with van der Waals surface area (Å²) >= 11 is 0. The molecule has 3 heterocycles. The normalized spacial score (nSPS) is 17.3. The van der Waals surface area contributed by atoms with Gasteiger partial charge in [-0.2, -0.15) is 10.4 Å². The van der Waals surface area contributed by atoms with Crippen LogP contribution in [0.25, 0.3) is 16.8 Å². The highest BCUT2D eigenvalue weighted by Crippen LogP contribution is 2.33. The number of aromatic nitrogens is 4. The first-order chi connectivity index (χ1) is 11.7. The first-order valence-corrected chi connectivity index (χ1v) is 7.60. The fraction of sp³-hybridized carbons (Fsp3) is 0.250. The van der Waals surface area contributed by atoms with Gasteiger partial charge in [0.1, 0.15) is 29.1 Å². The van der Waals surface area contributed by atoms with Gasteiger partial charge in [0.05, 0.1) is 0 Å². The smallest absolute Gasteiger partial charge is 0.179 e. The number of aromatic hydroxyl groups is 1. The Kier molecular flexibility index (Phi) is 3.20. The minimum absolute atomic E-state index is 0.109. The number of nitrogens with zero attached hydrogens (tertiary/aromatic N) is 6. The van der Waals surface area contributed by atoms with Crippen LogP contribution in [0.3, 0.4) is 0 Å². The van der Waals surface area contributed by atoms with E-state index in [1.165, 1.54) is 6.33 Å². The van der Waals surface area contributed by atoms with E-state index in [9.17, 15) is 5.11 Å². The van der Waals surface area contributed by atoms with Gasteiger partial charge in [0.15, 0.2) is 12.0 Å². The standard InChI is InChI=1S/C16H15N7O/c17-8-22-6-5-11(7-22)16-21-13(10-1-3-12(24)4-2-10)14-15(18)19-9-20-23(14)16/h1-4,9,11,24H,5-7H2,(H2,18,19,20). The van der Waals surface area contributed by atoms with Crippen molar-refractivity contribution in [1.82, 2.24) is 24.5 Å². The molecule has 1 aromatic carbocycles. The Morgan fingerprint density at radius 2 is 2.08 bits per heavy atom. The first kappa shape index (κ1) is 14.3. The Morgan fingerprint density at radius 1 is 1.29 bits per heavy atom. The van der Waals surface area contributed by atoms with E-state index in [-0.39, 0.29) is 11.7 Å². The monoisotopic (exact) mass is 321 g/mol. The Bertz CT molecular complexity index is 941. The van der Waals surface area contributed by atoms with Crippen molar-refractivity contribution in [1.29, 1.82) is 5.26 Å². The summed E-state index contributed by atoms with van der Waals surface area (Å²) in [6.07, 6.45) is 4.43. The van der Waals surface area contributed by atoms with Crippen LogP contribution in [0.1, 0.15) is 18.2 Å². The molecule has 0 bridgehead atoms. The first-order valence-electron chi connectivity index (χ1n) is 7.60. The third kappa shape index (κ3) is 2.18. The average molecular weight is 321 g/mol. The molecule has 1 saturated heterocycles. The predicted molar refractivity (Wildman–Crippen MR) is 86.8 cm³/mol. The van der Waals surface area contributed by atoms with E-state index < -0.39 is 0 Å². The summed E-state index contributed by atoms with van der Waals surface area (Å²) in [5.41, 5.74) is 8.22. The number of rotatable bonds is 2. The Balaban J connectivity index is 1.89. The lowest BCUT2D eigenvalue weighted by molar-refractivity contribution is 0.475. The number of phenolic OH excluding ortho intramolecular Hbond substituents is 1. The molecule has 8 nitrogen and oxygen atoms in total. The van der Waals surface area contributed by atoms with Gasteiger partial charge in [-0.05, 0) is 30.7 Å². The fourth-order valence-electron chi connectivity index (χ4n) is 3.12. The van der Waals surface area contributed by atoms with E-state index in [0.29, 0.717) is 30.1 Å². The van der Waals surface area contributed by atoms with Crippen LogP contribution < -0.4 is 5.73 Å². The summed E-state index contributed by atoms with van der Waals surface area (Å²) in [4.78, 5) is 10.6. The quantitative estimate of drug-likeness (QED) is 0.684. The lowest BCUT2D eigenvalue weighted by Crippen LogP contribution is -2.14. The van der Waals surface area contributed by atoms with Crippen LogP contribution in [0, 0.1) is 11.5 Å². The van der Waals surface area contributed by atoms with Gasteiger partial charge in [0.2, 0.25) is 0 Å². The molecule has 24 heavy (non-hydrogen) atoms. The molecule has 0 amide bonds. The number of phenols is 1. The Hall–Kier alpha value is -3.34. The van der Waals surface area contributed by atoms with Crippen molar-refractivity contribution in [3.8, 4) is 23.2 Å². The van der Waals surface area contributed by atoms with E-state index in [0.717, 1.165) is 17.8 Å². The molecule has 0 spiro atoms. The number of benzene rings is 1. The maximum Gasteiger partial charge on any atom is 0.179 e. The molecule has 0 aliphatic carbocycles. The number of nitrogen functional groups attached to an aromatic ring is 1. The average Bonchev–Trinajstić information content (AvgIpc) is 3.20. The largest absolute Gasteiger partial charge is 0.508 e. The number of nitriles is 1. The summed E-state index contributed by atoms with van der Waals surface area (Å²) in [5.74, 6) is 1.42. The third-order valence-electron chi connectivity index (χ3n) is 4.32. The van der Waals surface area contributed by atoms with E-state index in [4.69, 9.17) is 16.0 Å². The Labute approximate surface area is 137 Å². The topological polar surface area (TPSA) is 116 Å². The lowest BCUT2D eigenvalue weighted by atomic mass is 10.1. The number of hydrogen-bond acceptors (Lipinski definition) is 7. The van der Waals surface area contributed by atoms with E-state index >= 15 is 0 Å². The minimum Gasteiger partial charge on any atom is -0.508 e. The highest BCUT2D eigenvalue weighted by molar-refractivity contribution is 5.85. The number of fused-ring (bicyclic) bond motifs is 1. The van der Waals surface area contributed by atoms with Crippen LogP contribution in [0.15, 0.2) is 30.6 Å². The molecular formula is C16H15N7O. The van der Waals surface area contributed by atoms with Gasteiger partial charge in [-0.25, -0.2) is 14.5 Å². The van der Waals surface area contributed by atoms with Crippen LogP contribution in [0.2, 0.25) is 0 Å². The molecule has 1 aliphatic rings. The zero-order valence-electron chi connectivity index (χ0n) is 12.8. The fourth-order valence-corrected chi connectivity index (χ4v) is 3.12. The Morgan fingerprint density at radius 3 is 2.79 bits per heavy atom. The van der Waals surface area contributed by atoms with Crippen LogP contribution in [0.5, 0.6) is 5.75 Å². The van der Waals surface area contributed by atoms with Crippen LogP contribution >= 0.6 is 0 Å². The van der Waals surface area contributed by atoms with Crippen molar-refractivity contribution in [2.75, 3.05) is 18.8 Å². The maximum atomic E-state index is 9.49. The maximum absolute atomic E-state index is 9.49. The molecule has 8 heteroatoms. The summed E-state index contributed by atoms with van der Waals surface area (Å²) in [6.45, 7) is 1.33. The molecule has 120 valence electrons. The SMILES string of the molecule is N#CN1CCC(c2nc(-c3ccc(O)cc3)c3c(N)ncnn23)C1. The molecule has 1 unspecified atom stereocenters. The highest BCUT2D eigenvalue weighted by atomic mass is 16.3. The molecule has 3 aromatic rings. The summed E-state index contributed by atoms with van der Waals surface area (Å²) < 4.78 is 1.72. The number of likely N-dealkylation sites (tertiary alicyclic amines) is 1. The minimum atomic E-state index is 0.109. The van der Waals surface area contributed by atoms with Crippen LogP contribution in [-0.4, -0.2) is 42.7 Å². The van der Waals surface area contributed by atoms with Crippen LogP contribution in [0.4, 0.5) is 5.82 Å². The van der Waals surface area contributed by atoms with Gasteiger partial charge >= 0.3 is 0 Å². The number of nitrogens with two attached hydrogens (primary N) is 1. The predicted octanol–water partition coefficient (Wildman–Crippen LogP) is 1.35. The molecule has 3 N–H and O–H groups in total. The molecule has 4 rings (SSSR count). The second kappa shape index (κ2) is 5.38. The van der Waals surface area contributed by atoms with E-state index in [1.807, 2.05) is 0 Å². The number of imidazole rings is 1. The number of hydrogen-bond donors (Lipinski definition) is 2. The summed E-state index contributed by atoms with van der Waals surface area (Å²) in [5, 5.41) is 22.9. The van der Waals surface area contributed by atoms with Crippen molar-refractivity contribution >= 4 is 11.3 Å². The van der Waals surface area contributed by atoms with E-state index in [2.05, 4.69) is 16.3 Å². The summed E-state index contributed by atoms with van der Waals surface area (Å²) in [6, 6.07) is 6.77. The molecule has 1 atom stereocenters. The van der Waals surface area contributed by atoms with Gasteiger partial charge in [-0.1, -0.05) is 0 Å². The molecule has 2 aromatic heterocycles. The van der Waals surface area contributed by atoms with Gasteiger partial charge in [0, 0.05) is 24.6 Å². The second-order valence-electron chi connectivity index (χ2n) is 5.80. The molecule has 1 fully saturated rings. The highest BCUT2D eigenvalue weighted by Gasteiger charge is 2.29. The van der Waals surface area contributed by atoms with E-state index in [1.54, 1.807) is 33.7 Å². The zero-order valence-corrected chi connectivity index (χ0v) is 12.8. The lowest BCUT2D eigenvalue weighted by Gasteiger charge is -2.08. The van der Waals surface area contributed by atoms with Gasteiger partial charge in [0.25, 0.3) is 0 Å². The molecule has 0 radical (unpaired) electrons. The van der Waals surface area contributed by atoms with Crippen molar-refractivity contribution in [3.63, 3.8) is 0 Å². The van der Waals surface area contributed by atoms with Gasteiger partial charge < -0.3 is 15.7 Å². The number of anilines is 1. The van der Waals surface area contributed by atoms with Crippen molar-refractivity contribution in [3.05, 3.63) is 36.4 Å². The molecular weight excluding hydrogens is 306 g/mol. The van der Waals surface area contributed by atoms with Gasteiger partial charge in [-0.3, -0.25) is 0 Å². The van der Waals surface area contributed by atoms with Crippen LogP contribution in [-0.2, 0) is 0 Å². The third-order valence-corrected chi connectivity index (χ3v) is 4.32. The molecule has 1 aliphatic heterocycles. The van der Waals surface area contributed by atoms with Gasteiger partial charge in [-0.15, -0.1) is 0 Å². The van der Waals surface area contributed by atoms with Crippen molar-refractivity contribution in [2.24, 2.45) is 0 Å². The summed E-state index contributed by atoms with van der Waals surface area (Å²) in [7, 11) is 0. The second-order valence-corrected chi connectivity index (χ2v) is 5.80. The zero-order chi connectivity index (χ0) is 16.7. The van der Waals surface area contributed by atoms with Crippen molar-refractivity contribution in [2.45, 2.75) is 12.3 Å². The molecule has 0 saturated carbocycles.